The maximum Gasteiger partial charge on any atom is 0.472 e. The molecular weight excluding hydrogens is 816 g/mol. The molecule has 0 aliphatic heterocycles. The molecule has 0 bridgehead atoms. The molecule has 0 aliphatic carbocycles. The van der Waals surface area contributed by atoms with Crippen LogP contribution in [0.4, 0.5) is 0 Å². The lowest BCUT2D eigenvalue weighted by Gasteiger charge is -2.25. The Hall–Kier alpha value is -1.80. The van der Waals surface area contributed by atoms with Gasteiger partial charge < -0.3 is 19.8 Å². The molecule has 3 N–H and O–H groups in total. The number of phosphoric acid groups is 1. The number of phosphoric ester groups is 1. The Morgan fingerprint density at radius 3 is 1.39 bits per heavy atom. The first kappa shape index (κ1) is 62.2. The fraction of sp³-hybridized carbons (Fsp3) is 0.800. The van der Waals surface area contributed by atoms with Crippen LogP contribution < -0.4 is 5.32 Å². The Balaban J connectivity index is 4.36. The zero-order valence-corrected chi connectivity index (χ0v) is 43.4. The van der Waals surface area contributed by atoms with Crippen molar-refractivity contribution in [2.24, 2.45) is 0 Å². The number of unbranched alkanes of at least 4 members (excludes halogenated alkanes) is 27. The number of allylic oxidation sites excluding steroid dienone is 9. The third-order valence-electron chi connectivity index (χ3n) is 11.7. The van der Waals surface area contributed by atoms with E-state index in [0.717, 1.165) is 64.2 Å². The number of hydrogen-bond donors (Lipinski definition) is 3. The van der Waals surface area contributed by atoms with Crippen LogP contribution in [0.5, 0.6) is 0 Å². The van der Waals surface area contributed by atoms with Gasteiger partial charge in [0.1, 0.15) is 13.2 Å². The summed E-state index contributed by atoms with van der Waals surface area (Å²) in [6.07, 6.45) is 61.7. The molecule has 0 saturated heterocycles. The van der Waals surface area contributed by atoms with Gasteiger partial charge in [0.25, 0.3) is 0 Å². The molecule has 3 atom stereocenters. The summed E-state index contributed by atoms with van der Waals surface area (Å²) in [5.74, 6) is -0.200. The number of carbonyl (C=O) groups excluding carboxylic acids is 1. The minimum Gasteiger partial charge on any atom is -0.387 e. The number of aliphatic hydroxyl groups is 1. The molecule has 0 heterocycles. The predicted octanol–water partition coefficient (Wildman–Crippen LogP) is 15.8. The van der Waals surface area contributed by atoms with Crippen LogP contribution in [-0.4, -0.2) is 73.4 Å². The highest BCUT2D eigenvalue weighted by molar-refractivity contribution is 7.47. The fourth-order valence-electron chi connectivity index (χ4n) is 7.48. The molecule has 0 fully saturated rings. The van der Waals surface area contributed by atoms with Gasteiger partial charge in [-0.2, -0.15) is 0 Å². The van der Waals surface area contributed by atoms with Gasteiger partial charge in [0.05, 0.1) is 39.9 Å². The standard InChI is InChI=1S/C55H103N2O6P/c1-6-8-10-12-14-16-18-20-22-24-26-27-28-29-31-32-34-36-38-40-42-44-46-48-54(58)53(52-63-64(60,61)62-51-50-57(3,4)5)56-55(59)49-47-45-43-41-39-37-35-33-30-25-23-21-19-17-15-13-11-9-7-2/h15,17,21,23,30,33,38,40,46,48,53-54,58H,6-14,16,18-20,22,24-29,31-32,34-37,39,41-45,47,49-52H2,1-5H3,(H-,56,59,60,61)/p+1/b17-15-,23-21-,33-30-,40-38+,48-46+. The van der Waals surface area contributed by atoms with Gasteiger partial charge >= 0.3 is 7.82 Å². The molecule has 0 rings (SSSR count). The molecule has 0 aliphatic rings. The summed E-state index contributed by atoms with van der Waals surface area (Å²) in [6.45, 7) is 4.77. The predicted molar refractivity (Wildman–Crippen MR) is 277 cm³/mol. The Kier molecular flexibility index (Phi) is 45.0. The van der Waals surface area contributed by atoms with E-state index in [9.17, 15) is 19.4 Å². The van der Waals surface area contributed by atoms with Gasteiger partial charge in [-0.25, -0.2) is 4.57 Å². The SMILES string of the molecule is CCCCC/C=C\C/C=C\C/C=C\CCCCCCCCC(=O)NC(COP(=O)(O)OCC[N+](C)(C)C)C(O)/C=C/CC/C=C/CCCCCCCCCCCCCCCCCCC. The van der Waals surface area contributed by atoms with Crippen molar-refractivity contribution in [2.75, 3.05) is 40.9 Å². The van der Waals surface area contributed by atoms with Gasteiger partial charge in [-0.05, 0) is 70.6 Å². The summed E-state index contributed by atoms with van der Waals surface area (Å²) in [4.78, 5) is 23.2. The smallest absolute Gasteiger partial charge is 0.387 e. The lowest BCUT2D eigenvalue weighted by atomic mass is 10.0. The van der Waals surface area contributed by atoms with Crippen molar-refractivity contribution in [3.8, 4) is 0 Å². The molecule has 374 valence electrons. The zero-order chi connectivity index (χ0) is 47.1. The van der Waals surface area contributed by atoms with E-state index in [4.69, 9.17) is 9.05 Å². The lowest BCUT2D eigenvalue weighted by Crippen LogP contribution is -2.45. The summed E-state index contributed by atoms with van der Waals surface area (Å²) in [5, 5.41) is 13.9. The number of nitrogens with one attached hydrogen (secondary N) is 1. The minimum absolute atomic E-state index is 0.0512. The number of rotatable bonds is 48. The molecule has 8 nitrogen and oxygen atoms in total. The van der Waals surface area contributed by atoms with E-state index >= 15 is 0 Å². The van der Waals surface area contributed by atoms with Gasteiger partial charge in [0, 0.05) is 6.42 Å². The van der Waals surface area contributed by atoms with E-state index in [-0.39, 0.29) is 19.1 Å². The second-order valence-electron chi connectivity index (χ2n) is 19.2. The molecular formula is C55H104N2O6P+. The number of likely N-dealkylation sites (N-methyl/N-ethyl adjacent to an activating group) is 1. The van der Waals surface area contributed by atoms with Gasteiger partial charge in [0.2, 0.25) is 5.91 Å². The first-order chi connectivity index (χ1) is 31.0. The number of amides is 1. The van der Waals surface area contributed by atoms with Crippen molar-refractivity contribution in [2.45, 2.75) is 244 Å². The Bertz CT molecular complexity index is 1230. The molecule has 0 radical (unpaired) electrons. The number of quaternary nitrogens is 1. The van der Waals surface area contributed by atoms with E-state index in [1.54, 1.807) is 6.08 Å². The average Bonchev–Trinajstić information content (AvgIpc) is 3.25. The second-order valence-corrected chi connectivity index (χ2v) is 20.7. The third-order valence-corrected chi connectivity index (χ3v) is 12.7. The van der Waals surface area contributed by atoms with Crippen molar-refractivity contribution >= 4 is 13.7 Å². The normalized spacial score (nSPS) is 14.5. The van der Waals surface area contributed by atoms with Crippen molar-refractivity contribution < 1.29 is 32.9 Å². The highest BCUT2D eigenvalue weighted by atomic mass is 31.2. The number of nitrogens with zero attached hydrogens (tertiary/aromatic N) is 1. The topological polar surface area (TPSA) is 105 Å². The van der Waals surface area contributed by atoms with Gasteiger partial charge in [0.15, 0.2) is 0 Å². The summed E-state index contributed by atoms with van der Waals surface area (Å²) in [7, 11) is 1.54. The van der Waals surface area contributed by atoms with Crippen molar-refractivity contribution in [3.63, 3.8) is 0 Å². The van der Waals surface area contributed by atoms with Crippen LogP contribution in [0, 0.1) is 0 Å². The van der Waals surface area contributed by atoms with E-state index in [1.165, 1.54) is 148 Å². The Morgan fingerprint density at radius 1 is 0.531 bits per heavy atom. The number of carbonyl (C=O) groups is 1. The van der Waals surface area contributed by atoms with Crippen LogP contribution in [0.3, 0.4) is 0 Å². The lowest BCUT2D eigenvalue weighted by molar-refractivity contribution is -0.870. The highest BCUT2D eigenvalue weighted by Gasteiger charge is 2.27. The molecule has 64 heavy (non-hydrogen) atoms. The zero-order valence-electron chi connectivity index (χ0n) is 42.5. The fourth-order valence-corrected chi connectivity index (χ4v) is 8.21. The van der Waals surface area contributed by atoms with Crippen LogP contribution in [0.25, 0.3) is 0 Å². The summed E-state index contributed by atoms with van der Waals surface area (Å²) < 4.78 is 23.6. The van der Waals surface area contributed by atoms with Gasteiger partial charge in [-0.15, -0.1) is 0 Å². The maximum absolute atomic E-state index is 12.9. The second kappa shape index (κ2) is 46.3. The van der Waals surface area contributed by atoms with E-state index in [2.05, 4.69) is 67.8 Å². The van der Waals surface area contributed by atoms with E-state index < -0.39 is 20.0 Å². The van der Waals surface area contributed by atoms with Crippen molar-refractivity contribution in [1.29, 1.82) is 0 Å². The highest BCUT2D eigenvalue weighted by Crippen LogP contribution is 2.43. The van der Waals surface area contributed by atoms with Crippen LogP contribution in [0.1, 0.15) is 232 Å². The summed E-state index contributed by atoms with van der Waals surface area (Å²) >= 11 is 0. The molecule has 0 aromatic carbocycles. The molecule has 1 amide bonds. The third kappa shape index (κ3) is 48.1. The van der Waals surface area contributed by atoms with E-state index in [0.29, 0.717) is 17.4 Å². The first-order valence-corrected chi connectivity index (χ1v) is 28.2. The molecule has 9 heteroatoms. The summed E-state index contributed by atoms with van der Waals surface area (Å²) in [6, 6.07) is -0.873. The average molecular weight is 920 g/mol. The first-order valence-electron chi connectivity index (χ1n) is 26.7. The Labute approximate surface area is 396 Å². The molecule has 0 spiro atoms. The molecule has 3 unspecified atom stereocenters. The maximum atomic E-state index is 12.9. The van der Waals surface area contributed by atoms with Crippen LogP contribution in [0.15, 0.2) is 60.8 Å². The van der Waals surface area contributed by atoms with Crippen LogP contribution in [0.2, 0.25) is 0 Å². The van der Waals surface area contributed by atoms with Crippen LogP contribution >= 0.6 is 7.82 Å². The molecule has 0 aromatic heterocycles. The Morgan fingerprint density at radius 2 is 0.906 bits per heavy atom. The van der Waals surface area contributed by atoms with Gasteiger partial charge in [-0.1, -0.05) is 216 Å². The van der Waals surface area contributed by atoms with Crippen LogP contribution in [-0.2, 0) is 18.4 Å². The monoisotopic (exact) mass is 920 g/mol. The molecule has 0 aromatic rings. The number of hydrogen-bond acceptors (Lipinski definition) is 5. The van der Waals surface area contributed by atoms with Crippen molar-refractivity contribution in [1.82, 2.24) is 5.32 Å². The molecule has 0 saturated carbocycles. The van der Waals surface area contributed by atoms with Crippen molar-refractivity contribution in [3.05, 3.63) is 60.8 Å². The van der Waals surface area contributed by atoms with E-state index in [1.807, 2.05) is 27.2 Å². The van der Waals surface area contributed by atoms with Gasteiger partial charge in [-0.3, -0.25) is 13.8 Å². The summed E-state index contributed by atoms with van der Waals surface area (Å²) in [5.41, 5.74) is 0. The largest absolute Gasteiger partial charge is 0.472 e. The minimum atomic E-state index is -4.36. The number of aliphatic hydroxyl groups excluding tert-OH is 1. The quantitative estimate of drug-likeness (QED) is 0.0243.